The van der Waals surface area contributed by atoms with Crippen LogP contribution in [0.4, 0.5) is 37.1 Å². The largest absolute Gasteiger partial charge is 0.448 e. The highest BCUT2D eigenvalue weighted by Crippen LogP contribution is 2.26. The number of hydrogen-bond acceptors (Lipinski definition) is 12. The van der Waals surface area contributed by atoms with Crippen LogP contribution in [0.5, 0.6) is 11.5 Å². The van der Waals surface area contributed by atoms with Crippen molar-refractivity contribution in [2.45, 2.75) is 13.3 Å². The lowest BCUT2D eigenvalue weighted by Crippen LogP contribution is -2.40. The Hall–Kier alpha value is -6.57. The van der Waals surface area contributed by atoms with Gasteiger partial charge < -0.3 is 23.7 Å². The van der Waals surface area contributed by atoms with Gasteiger partial charge in [0.05, 0.1) is 11.1 Å². The van der Waals surface area contributed by atoms with Gasteiger partial charge in [0.1, 0.15) is 31.3 Å². The van der Waals surface area contributed by atoms with Crippen LogP contribution in [0, 0.1) is 28.4 Å². The Kier molecular flexibility index (Phi) is 12.3. The predicted molar refractivity (Wildman–Crippen MR) is 157 cm³/mol. The van der Waals surface area contributed by atoms with Crippen molar-refractivity contribution < 1.29 is 42.9 Å². The first-order valence-corrected chi connectivity index (χ1v) is 13.1. The number of isocyanates is 1. The van der Waals surface area contributed by atoms with Gasteiger partial charge in [-0.1, -0.05) is 25.1 Å². The molecule has 0 aliphatic rings. The van der Waals surface area contributed by atoms with Crippen LogP contribution in [-0.4, -0.2) is 44.2 Å². The zero-order valence-electron chi connectivity index (χ0n) is 23.8. The molecule has 3 aromatic carbocycles. The Labute approximate surface area is 256 Å². The van der Waals surface area contributed by atoms with Gasteiger partial charge in [-0.3, -0.25) is 16.0 Å². The Morgan fingerprint density at radius 3 is 1.53 bits per heavy atom. The van der Waals surface area contributed by atoms with Gasteiger partial charge in [-0.25, -0.2) is 19.2 Å². The fourth-order valence-corrected chi connectivity index (χ4v) is 3.63. The number of anilines is 3. The maximum atomic E-state index is 12.6. The van der Waals surface area contributed by atoms with Crippen molar-refractivity contribution >= 4 is 47.1 Å². The van der Waals surface area contributed by atoms with Crippen LogP contribution < -0.4 is 25.4 Å². The maximum absolute atomic E-state index is 12.6. The Bertz CT molecular complexity index is 1570. The molecular formula is C30H26N6O9. The van der Waals surface area contributed by atoms with E-state index in [1.165, 1.54) is 55.0 Å². The highest BCUT2D eigenvalue weighted by Gasteiger charge is 2.34. The predicted octanol–water partition coefficient (Wildman–Crippen LogP) is 5.82. The standard InChI is InChI=1S/C30H26N6O9/c1-2-30(15-41-27(38)34-22-7-3-6-21(12-22)33-20-37,16-42-28(39)35-23-8-4-10-25(13-23)44-18-31)17-43-29(40)36-24-9-5-11-26(14-24)45-19-32/h3-14H,2,15-17H2,1H3,(H,34,38)(H,35,39)(H,36,40). The van der Waals surface area contributed by atoms with Gasteiger partial charge in [-0.05, 0) is 48.9 Å². The first-order valence-electron chi connectivity index (χ1n) is 13.1. The molecule has 0 spiro atoms. The lowest BCUT2D eigenvalue weighted by Gasteiger charge is -2.31. The van der Waals surface area contributed by atoms with Crippen molar-refractivity contribution in [3.05, 3.63) is 72.8 Å². The number of nitrogens with zero attached hydrogens (tertiary/aromatic N) is 3. The highest BCUT2D eigenvalue weighted by molar-refractivity contribution is 5.86. The minimum absolute atomic E-state index is 0.199. The molecule has 0 atom stereocenters. The van der Waals surface area contributed by atoms with Crippen molar-refractivity contribution in [2.75, 3.05) is 35.8 Å². The molecule has 0 fully saturated rings. The number of rotatable bonds is 13. The smallest absolute Gasteiger partial charge is 0.411 e. The van der Waals surface area contributed by atoms with Crippen LogP contribution in [0.3, 0.4) is 0 Å². The molecule has 3 amide bonds. The second kappa shape index (κ2) is 16.8. The van der Waals surface area contributed by atoms with Crippen LogP contribution >= 0.6 is 0 Å². The van der Waals surface area contributed by atoms with Gasteiger partial charge in [-0.15, -0.1) is 10.5 Å². The highest BCUT2D eigenvalue weighted by atomic mass is 16.6. The van der Waals surface area contributed by atoms with E-state index in [1.54, 1.807) is 43.3 Å². The van der Waals surface area contributed by atoms with E-state index in [4.69, 9.17) is 34.2 Å². The van der Waals surface area contributed by atoms with Crippen molar-refractivity contribution in [1.29, 1.82) is 10.5 Å². The molecule has 15 nitrogen and oxygen atoms in total. The molecule has 230 valence electrons. The quantitative estimate of drug-likeness (QED) is 0.0904. The molecule has 45 heavy (non-hydrogen) atoms. The summed E-state index contributed by atoms with van der Waals surface area (Å²) >= 11 is 0. The third-order valence-corrected chi connectivity index (χ3v) is 6.03. The van der Waals surface area contributed by atoms with E-state index >= 15 is 0 Å². The van der Waals surface area contributed by atoms with Crippen molar-refractivity contribution in [1.82, 2.24) is 0 Å². The summed E-state index contributed by atoms with van der Waals surface area (Å²) in [6, 6.07) is 18.1. The van der Waals surface area contributed by atoms with Gasteiger partial charge in [0.2, 0.25) is 6.08 Å². The Balaban J connectivity index is 1.69. The SMILES string of the molecule is CCC(COC(=O)Nc1cccc(N=C=O)c1)(COC(=O)Nc1cccc(OC#N)c1)COC(=O)Nc1cccc(OC#N)c1. The molecule has 0 aliphatic heterocycles. The molecule has 0 aromatic heterocycles. The number of carbonyl (C=O) groups excluding carboxylic acids is 4. The summed E-state index contributed by atoms with van der Waals surface area (Å²) in [5.41, 5.74) is -0.0866. The zero-order valence-corrected chi connectivity index (χ0v) is 23.8. The van der Waals surface area contributed by atoms with Crippen molar-refractivity contribution in [2.24, 2.45) is 10.4 Å². The third kappa shape index (κ3) is 11.0. The minimum atomic E-state index is -1.20. The summed E-state index contributed by atoms with van der Waals surface area (Å²) in [5.74, 6) is 0.399. The lowest BCUT2D eigenvalue weighted by molar-refractivity contribution is -0.0104. The molecule has 0 heterocycles. The monoisotopic (exact) mass is 614 g/mol. The molecule has 0 aliphatic carbocycles. The van der Waals surface area contributed by atoms with E-state index < -0.39 is 23.7 Å². The van der Waals surface area contributed by atoms with Gasteiger partial charge in [0, 0.05) is 29.2 Å². The average Bonchev–Trinajstić information content (AvgIpc) is 3.02. The molecular weight excluding hydrogens is 588 g/mol. The molecule has 3 N–H and O–H groups in total. The normalized spacial score (nSPS) is 10.0. The number of amides is 3. The first kappa shape index (κ1) is 32.9. The van der Waals surface area contributed by atoms with Crippen LogP contribution in [0.2, 0.25) is 0 Å². The van der Waals surface area contributed by atoms with Gasteiger partial charge >= 0.3 is 18.3 Å². The third-order valence-electron chi connectivity index (χ3n) is 6.03. The van der Waals surface area contributed by atoms with E-state index in [-0.39, 0.29) is 60.5 Å². The van der Waals surface area contributed by atoms with Crippen LogP contribution in [0.15, 0.2) is 77.8 Å². The van der Waals surface area contributed by atoms with Crippen molar-refractivity contribution in [3.8, 4) is 24.0 Å². The van der Waals surface area contributed by atoms with Crippen LogP contribution in [0.25, 0.3) is 0 Å². The van der Waals surface area contributed by atoms with E-state index in [9.17, 15) is 19.2 Å². The number of carbonyl (C=O) groups is 3. The summed E-state index contributed by atoms with van der Waals surface area (Å²) in [6.45, 7) is 0.674. The molecule has 3 aromatic rings. The van der Waals surface area contributed by atoms with Gasteiger partial charge in [0.15, 0.2) is 0 Å². The van der Waals surface area contributed by atoms with E-state index in [0.29, 0.717) is 0 Å². The van der Waals surface area contributed by atoms with Crippen LogP contribution in [0.1, 0.15) is 13.3 Å². The second-order valence-electron chi connectivity index (χ2n) is 9.15. The number of nitrogens with one attached hydrogen (secondary N) is 3. The topological polar surface area (TPSA) is 210 Å². The Morgan fingerprint density at radius 1 is 0.711 bits per heavy atom. The van der Waals surface area contributed by atoms with E-state index in [2.05, 4.69) is 20.9 Å². The second-order valence-corrected chi connectivity index (χ2v) is 9.15. The summed E-state index contributed by atoms with van der Waals surface area (Å²) in [4.78, 5) is 51.9. The summed E-state index contributed by atoms with van der Waals surface area (Å²) in [7, 11) is 0. The summed E-state index contributed by atoms with van der Waals surface area (Å²) in [5, 5.41) is 24.9. The number of benzene rings is 3. The minimum Gasteiger partial charge on any atom is -0.448 e. The summed E-state index contributed by atoms with van der Waals surface area (Å²) < 4.78 is 25.7. The maximum Gasteiger partial charge on any atom is 0.411 e. The average molecular weight is 615 g/mol. The number of nitriles is 2. The summed E-state index contributed by atoms with van der Waals surface area (Å²) in [6.07, 6.45) is 2.07. The molecule has 0 saturated heterocycles. The fourth-order valence-electron chi connectivity index (χ4n) is 3.63. The van der Waals surface area contributed by atoms with E-state index in [0.717, 1.165) is 0 Å². The Morgan fingerprint density at radius 2 is 1.13 bits per heavy atom. The molecule has 3 rings (SSSR count). The van der Waals surface area contributed by atoms with Gasteiger partial charge in [-0.2, -0.15) is 4.99 Å². The molecule has 0 saturated carbocycles. The molecule has 0 unspecified atom stereocenters. The van der Waals surface area contributed by atoms with Gasteiger partial charge in [0.25, 0.3) is 12.5 Å². The number of aliphatic imine (C=N–C) groups is 1. The fraction of sp³-hybridized carbons (Fsp3) is 0.200. The van der Waals surface area contributed by atoms with Crippen LogP contribution in [-0.2, 0) is 19.0 Å². The molecule has 15 heteroatoms. The molecule has 0 radical (unpaired) electrons. The molecule has 0 bridgehead atoms. The zero-order chi connectivity index (χ0) is 32.5. The number of hydrogen-bond donors (Lipinski definition) is 3. The van der Waals surface area contributed by atoms with E-state index in [1.807, 2.05) is 0 Å². The number of ether oxygens (including phenoxy) is 5. The van der Waals surface area contributed by atoms with Crippen molar-refractivity contribution in [3.63, 3.8) is 0 Å². The lowest BCUT2D eigenvalue weighted by atomic mass is 9.88. The first-order chi connectivity index (χ1) is 21.8.